The highest BCUT2D eigenvalue weighted by molar-refractivity contribution is 5.28. The van der Waals surface area contributed by atoms with Crippen LogP contribution in [0.1, 0.15) is 51.3 Å². The Balaban J connectivity index is 2.65. The van der Waals surface area contributed by atoms with Crippen LogP contribution in [0.3, 0.4) is 0 Å². The first-order valence-corrected chi connectivity index (χ1v) is 6.37. The highest BCUT2D eigenvalue weighted by Crippen LogP contribution is 2.19. The molecule has 0 bridgehead atoms. The first kappa shape index (κ1) is 13.2. The first-order chi connectivity index (χ1) is 7.56. The average molecular weight is 219 g/mol. The summed E-state index contributed by atoms with van der Waals surface area (Å²) < 4.78 is 0. The van der Waals surface area contributed by atoms with E-state index in [1.54, 1.807) is 0 Å². The lowest BCUT2D eigenvalue weighted by molar-refractivity contribution is 0.360. The van der Waals surface area contributed by atoms with Crippen molar-refractivity contribution in [2.75, 3.05) is 0 Å². The van der Waals surface area contributed by atoms with E-state index in [0.29, 0.717) is 12.1 Å². The molecule has 1 aromatic rings. The molecule has 0 saturated carbocycles. The summed E-state index contributed by atoms with van der Waals surface area (Å²) in [5.74, 6) is 0.728. The molecule has 16 heavy (non-hydrogen) atoms. The van der Waals surface area contributed by atoms with E-state index in [0.717, 1.165) is 5.92 Å². The van der Waals surface area contributed by atoms with Crippen LogP contribution in [-0.4, -0.2) is 6.04 Å². The van der Waals surface area contributed by atoms with Gasteiger partial charge in [0.05, 0.1) is 0 Å². The van der Waals surface area contributed by atoms with Crippen LogP contribution < -0.4 is 5.32 Å². The largest absolute Gasteiger partial charge is 0.307 e. The van der Waals surface area contributed by atoms with Crippen molar-refractivity contribution in [3.63, 3.8) is 0 Å². The molecular weight excluding hydrogens is 194 g/mol. The molecule has 0 radical (unpaired) electrons. The maximum atomic E-state index is 3.69. The fourth-order valence-electron chi connectivity index (χ4n) is 2.07. The highest BCUT2D eigenvalue weighted by Gasteiger charge is 2.14. The van der Waals surface area contributed by atoms with E-state index in [-0.39, 0.29) is 0 Å². The predicted octanol–water partition coefficient (Wildman–Crippen LogP) is 4.08. The molecule has 0 amide bonds. The molecule has 3 atom stereocenters. The van der Waals surface area contributed by atoms with Gasteiger partial charge in [0.2, 0.25) is 0 Å². The van der Waals surface area contributed by atoms with Crippen LogP contribution in [0.4, 0.5) is 0 Å². The van der Waals surface area contributed by atoms with Crippen molar-refractivity contribution in [2.45, 2.75) is 53.1 Å². The van der Waals surface area contributed by atoms with Crippen LogP contribution in [0.25, 0.3) is 0 Å². The molecule has 1 heteroatoms. The Bertz CT molecular complexity index is 319. The second-order valence-corrected chi connectivity index (χ2v) is 4.92. The van der Waals surface area contributed by atoms with Crippen LogP contribution in [0.2, 0.25) is 0 Å². The van der Waals surface area contributed by atoms with E-state index in [2.05, 4.69) is 64.2 Å². The molecule has 1 aromatic carbocycles. The Morgan fingerprint density at radius 2 is 1.75 bits per heavy atom. The standard InChI is InChI=1S/C15H25N/c1-6-11(2)13(4)16-14(5)15-10-8-7-9-12(15)3/h7-11,13-14,16H,6H2,1-5H3/t11?,13?,14-/m0/s1. The predicted molar refractivity (Wildman–Crippen MR) is 71.6 cm³/mol. The zero-order valence-corrected chi connectivity index (χ0v) is 11.2. The van der Waals surface area contributed by atoms with Gasteiger partial charge in [0.25, 0.3) is 0 Å². The summed E-state index contributed by atoms with van der Waals surface area (Å²) in [6, 6.07) is 9.63. The monoisotopic (exact) mass is 219 g/mol. The third kappa shape index (κ3) is 3.34. The number of hydrogen-bond acceptors (Lipinski definition) is 1. The Morgan fingerprint density at radius 3 is 2.31 bits per heavy atom. The van der Waals surface area contributed by atoms with Crippen LogP contribution >= 0.6 is 0 Å². The van der Waals surface area contributed by atoms with E-state index in [1.165, 1.54) is 17.5 Å². The fraction of sp³-hybridized carbons (Fsp3) is 0.600. The minimum atomic E-state index is 0.435. The summed E-state index contributed by atoms with van der Waals surface area (Å²) in [6.45, 7) is 11.3. The quantitative estimate of drug-likeness (QED) is 0.787. The van der Waals surface area contributed by atoms with Crippen molar-refractivity contribution in [3.05, 3.63) is 35.4 Å². The third-order valence-electron chi connectivity index (χ3n) is 3.67. The van der Waals surface area contributed by atoms with Crippen molar-refractivity contribution in [1.82, 2.24) is 5.32 Å². The lowest BCUT2D eigenvalue weighted by Gasteiger charge is -2.25. The zero-order valence-electron chi connectivity index (χ0n) is 11.2. The average Bonchev–Trinajstić information content (AvgIpc) is 2.28. The van der Waals surface area contributed by atoms with E-state index < -0.39 is 0 Å². The normalized spacial score (nSPS) is 16.8. The molecule has 0 heterocycles. The van der Waals surface area contributed by atoms with Crippen LogP contribution in [0.5, 0.6) is 0 Å². The lowest BCUT2D eigenvalue weighted by Crippen LogP contribution is -2.34. The molecule has 2 unspecified atom stereocenters. The fourth-order valence-corrected chi connectivity index (χ4v) is 2.07. The Kier molecular flexibility index (Phi) is 5.01. The highest BCUT2D eigenvalue weighted by atomic mass is 14.9. The number of nitrogens with one attached hydrogen (secondary N) is 1. The van der Waals surface area contributed by atoms with Crippen LogP contribution in [0.15, 0.2) is 24.3 Å². The van der Waals surface area contributed by atoms with Crippen molar-refractivity contribution in [1.29, 1.82) is 0 Å². The summed E-state index contributed by atoms with van der Waals surface area (Å²) in [6.07, 6.45) is 1.23. The maximum absolute atomic E-state index is 3.69. The minimum absolute atomic E-state index is 0.435. The topological polar surface area (TPSA) is 12.0 Å². The molecule has 0 aliphatic rings. The SMILES string of the molecule is CCC(C)C(C)N[C@@H](C)c1ccccc1C. The van der Waals surface area contributed by atoms with Gasteiger partial charge in [-0.2, -0.15) is 0 Å². The molecule has 0 saturated heterocycles. The smallest absolute Gasteiger partial charge is 0.0296 e. The van der Waals surface area contributed by atoms with Gasteiger partial charge in [0.15, 0.2) is 0 Å². The summed E-state index contributed by atoms with van der Waals surface area (Å²) in [7, 11) is 0. The van der Waals surface area contributed by atoms with Gasteiger partial charge in [0, 0.05) is 12.1 Å². The van der Waals surface area contributed by atoms with Crippen molar-refractivity contribution < 1.29 is 0 Å². The molecular formula is C15H25N. The summed E-state index contributed by atoms with van der Waals surface area (Å²) in [5.41, 5.74) is 2.79. The Labute approximate surface area is 100 Å². The number of benzene rings is 1. The van der Waals surface area contributed by atoms with Gasteiger partial charge in [-0.3, -0.25) is 0 Å². The second-order valence-electron chi connectivity index (χ2n) is 4.92. The summed E-state index contributed by atoms with van der Waals surface area (Å²) in [4.78, 5) is 0. The molecule has 0 fully saturated rings. The second kappa shape index (κ2) is 6.05. The molecule has 1 nitrogen and oxygen atoms in total. The van der Waals surface area contributed by atoms with Crippen molar-refractivity contribution in [3.8, 4) is 0 Å². The third-order valence-corrected chi connectivity index (χ3v) is 3.67. The van der Waals surface area contributed by atoms with Gasteiger partial charge in [-0.1, -0.05) is 44.5 Å². The Hall–Kier alpha value is -0.820. The van der Waals surface area contributed by atoms with Gasteiger partial charge >= 0.3 is 0 Å². The van der Waals surface area contributed by atoms with E-state index in [4.69, 9.17) is 0 Å². The van der Waals surface area contributed by atoms with E-state index in [9.17, 15) is 0 Å². The van der Waals surface area contributed by atoms with E-state index in [1.807, 2.05) is 0 Å². The van der Waals surface area contributed by atoms with Gasteiger partial charge in [-0.15, -0.1) is 0 Å². The van der Waals surface area contributed by atoms with Gasteiger partial charge in [0.1, 0.15) is 0 Å². The van der Waals surface area contributed by atoms with Crippen molar-refractivity contribution in [2.24, 2.45) is 5.92 Å². The molecule has 1 rings (SSSR count). The van der Waals surface area contributed by atoms with Gasteiger partial charge in [-0.05, 0) is 37.8 Å². The minimum Gasteiger partial charge on any atom is -0.307 e. The summed E-state index contributed by atoms with van der Waals surface area (Å²) in [5, 5.41) is 3.69. The van der Waals surface area contributed by atoms with Crippen LogP contribution in [0, 0.1) is 12.8 Å². The first-order valence-electron chi connectivity index (χ1n) is 6.37. The molecule has 0 aliphatic heterocycles. The van der Waals surface area contributed by atoms with Gasteiger partial charge in [-0.25, -0.2) is 0 Å². The molecule has 0 spiro atoms. The van der Waals surface area contributed by atoms with Crippen molar-refractivity contribution >= 4 is 0 Å². The molecule has 90 valence electrons. The number of rotatable bonds is 5. The Morgan fingerprint density at radius 1 is 1.12 bits per heavy atom. The van der Waals surface area contributed by atoms with Gasteiger partial charge < -0.3 is 5.32 Å². The van der Waals surface area contributed by atoms with E-state index >= 15 is 0 Å². The molecule has 0 aromatic heterocycles. The lowest BCUT2D eigenvalue weighted by atomic mass is 9.97. The zero-order chi connectivity index (χ0) is 12.1. The number of hydrogen-bond donors (Lipinski definition) is 1. The van der Waals surface area contributed by atoms with Crippen LogP contribution in [-0.2, 0) is 0 Å². The maximum Gasteiger partial charge on any atom is 0.0296 e. The molecule has 0 aliphatic carbocycles. The number of aryl methyl sites for hydroxylation is 1. The molecule has 1 N–H and O–H groups in total. The summed E-state index contributed by atoms with van der Waals surface area (Å²) >= 11 is 0.